The van der Waals surface area contributed by atoms with Crippen LogP contribution in [-0.4, -0.2) is 11.1 Å². The van der Waals surface area contributed by atoms with Gasteiger partial charge < -0.3 is 4.74 Å². The quantitative estimate of drug-likeness (QED) is 0.517. The number of pyridine rings is 1. The summed E-state index contributed by atoms with van der Waals surface area (Å²) in [7, 11) is 0. The fourth-order valence-electron chi connectivity index (χ4n) is 1.53. The van der Waals surface area contributed by atoms with E-state index >= 15 is 0 Å². The molecule has 3 rings (SSSR count). The van der Waals surface area contributed by atoms with Crippen molar-refractivity contribution in [2.24, 2.45) is 0 Å². The molecule has 2 unspecified atom stereocenters. The van der Waals surface area contributed by atoms with Gasteiger partial charge in [0.1, 0.15) is 12.2 Å². The number of hydrogen-bond donors (Lipinski definition) is 0. The van der Waals surface area contributed by atoms with Crippen molar-refractivity contribution in [3.8, 4) is 0 Å². The molecule has 2 atom stereocenters. The van der Waals surface area contributed by atoms with Crippen LogP contribution in [0.1, 0.15) is 17.2 Å². The minimum absolute atomic E-state index is 0.331. The van der Waals surface area contributed by atoms with E-state index in [1.165, 1.54) is 11.1 Å². The molecule has 1 aromatic heterocycles. The summed E-state index contributed by atoms with van der Waals surface area (Å²) in [5, 5.41) is 0. The highest BCUT2D eigenvalue weighted by Crippen LogP contribution is 2.44. The molecule has 2 nitrogen and oxygen atoms in total. The van der Waals surface area contributed by atoms with Crippen LogP contribution in [0.2, 0.25) is 0 Å². The number of epoxide rings is 1. The van der Waals surface area contributed by atoms with Crippen molar-refractivity contribution in [2.75, 3.05) is 0 Å². The van der Waals surface area contributed by atoms with Gasteiger partial charge in [0.2, 0.25) is 0 Å². The molecule has 2 heteroatoms. The van der Waals surface area contributed by atoms with Gasteiger partial charge in [-0.1, -0.05) is 12.2 Å². The molecular formula is C9H7NO. The van der Waals surface area contributed by atoms with Gasteiger partial charge in [0, 0.05) is 12.4 Å². The van der Waals surface area contributed by atoms with Crippen molar-refractivity contribution in [2.45, 2.75) is 12.2 Å². The van der Waals surface area contributed by atoms with Crippen molar-refractivity contribution in [3.63, 3.8) is 0 Å². The highest BCUT2D eigenvalue weighted by atomic mass is 16.6. The first-order valence-corrected chi connectivity index (χ1v) is 3.73. The smallest absolute Gasteiger partial charge is 0.114 e. The first kappa shape index (κ1) is 5.49. The Bertz CT molecular complexity index is 332. The molecule has 11 heavy (non-hydrogen) atoms. The zero-order valence-corrected chi connectivity index (χ0v) is 5.90. The lowest BCUT2D eigenvalue weighted by Crippen LogP contribution is -1.94. The van der Waals surface area contributed by atoms with E-state index in [2.05, 4.69) is 17.1 Å². The Morgan fingerprint density at radius 1 is 1.45 bits per heavy atom. The van der Waals surface area contributed by atoms with Gasteiger partial charge in [0.25, 0.3) is 0 Å². The molecule has 1 fully saturated rings. The van der Waals surface area contributed by atoms with Crippen molar-refractivity contribution in [1.29, 1.82) is 0 Å². The maximum absolute atomic E-state index is 5.39. The summed E-state index contributed by atoms with van der Waals surface area (Å²) in [6, 6.07) is 2.03. The molecule has 1 aromatic rings. The predicted octanol–water partition coefficient (Wildman–Crippen LogP) is 1.55. The number of rotatable bonds is 0. The van der Waals surface area contributed by atoms with Gasteiger partial charge in [-0.05, 0) is 17.2 Å². The van der Waals surface area contributed by atoms with Crippen LogP contribution < -0.4 is 0 Å². The lowest BCUT2D eigenvalue weighted by molar-refractivity contribution is 0.395. The van der Waals surface area contributed by atoms with Crippen molar-refractivity contribution < 1.29 is 4.74 Å². The van der Waals surface area contributed by atoms with Crippen LogP contribution in [0, 0.1) is 0 Å². The third kappa shape index (κ3) is 0.672. The second kappa shape index (κ2) is 1.71. The maximum Gasteiger partial charge on any atom is 0.114 e. The van der Waals surface area contributed by atoms with Gasteiger partial charge in [-0.25, -0.2) is 0 Å². The molecule has 0 N–H and O–H groups in total. The molecule has 2 aliphatic rings. The van der Waals surface area contributed by atoms with E-state index < -0.39 is 0 Å². The van der Waals surface area contributed by atoms with Gasteiger partial charge in [-0.2, -0.15) is 0 Å². The third-order valence-corrected chi connectivity index (χ3v) is 2.18. The van der Waals surface area contributed by atoms with E-state index in [-0.39, 0.29) is 0 Å². The third-order valence-electron chi connectivity index (χ3n) is 2.18. The largest absolute Gasteiger partial charge is 0.360 e. The molecule has 0 spiro atoms. The summed E-state index contributed by atoms with van der Waals surface area (Å²) < 4.78 is 5.39. The van der Waals surface area contributed by atoms with E-state index in [4.69, 9.17) is 4.74 Å². The molecule has 1 saturated heterocycles. The average molecular weight is 145 g/mol. The van der Waals surface area contributed by atoms with Crippen molar-refractivity contribution >= 4 is 6.08 Å². The first-order valence-electron chi connectivity index (χ1n) is 3.73. The van der Waals surface area contributed by atoms with Gasteiger partial charge in [-0.15, -0.1) is 0 Å². The van der Waals surface area contributed by atoms with Crippen LogP contribution >= 0.6 is 0 Å². The minimum atomic E-state index is 0.331. The second-order valence-corrected chi connectivity index (χ2v) is 2.89. The Morgan fingerprint density at radius 2 is 2.45 bits per heavy atom. The predicted molar refractivity (Wildman–Crippen MR) is 40.9 cm³/mol. The highest BCUT2D eigenvalue weighted by Gasteiger charge is 2.41. The van der Waals surface area contributed by atoms with Crippen LogP contribution in [0.15, 0.2) is 24.5 Å². The monoisotopic (exact) mass is 145 g/mol. The molecular weight excluding hydrogens is 138 g/mol. The van der Waals surface area contributed by atoms with Crippen LogP contribution in [-0.2, 0) is 4.74 Å². The standard InChI is InChI=1S/C9H7NO/c1-2-8-9(11-8)7-3-4-10-5-6(1)7/h1-5,8-9H. The number of aromatic nitrogens is 1. The van der Waals surface area contributed by atoms with E-state index in [9.17, 15) is 0 Å². The fourth-order valence-corrected chi connectivity index (χ4v) is 1.53. The summed E-state index contributed by atoms with van der Waals surface area (Å²) in [5.74, 6) is 0. The number of fused-ring (bicyclic) bond motifs is 3. The summed E-state index contributed by atoms with van der Waals surface area (Å²) >= 11 is 0. The Morgan fingerprint density at radius 3 is 3.45 bits per heavy atom. The first-order chi connectivity index (χ1) is 5.45. The lowest BCUT2D eigenvalue weighted by Gasteiger charge is -2.03. The number of nitrogens with zero attached hydrogens (tertiary/aromatic N) is 1. The zero-order valence-electron chi connectivity index (χ0n) is 5.90. The van der Waals surface area contributed by atoms with Gasteiger partial charge in [0.15, 0.2) is 0 Å². The summed E-state index contributed by atoms with van der Waals surface area (Å²) in [5.41, 5.74) is 2.48. The Kier molecular flexibility index (Phi) is 0.855. The summed E-state index contributed by atoms with van der Waals surface area (Å²) in [6.45, 7) is 0. The van der Waals surface area contributed by atoms with E-state index in [1.807, 2.05) is 18.5 Å². The minimum Gasteiger partial charge on any atom is -0.360 e. The molecule has 1 aliphatic heterocycles. The summed E-state index contributed by atoms with van der Waals surface area (Å²) in [4.78, 5) is 4.04. The molecule has 0 bridgehead atoms. The van der Waals surface area contributed by atoms with E-state index in [0.29, 0.717) is 12.2 Å². The Balaban J connectivity index is 2.24. The Hall–Kier alpha value is -1.15. The SMILES string of the molecule is C1=CC2OC2c2ccncc21. The normalized spacial score (nSPS) is 30.9. The molecule has 0 saturated carbocycles. The van der Waals surface area contributed by atoms with Crippen molar-refractivity contribution in [1.82, 2.24) is 4.98 Å². The topological polar surface area (TPSA) is 25.4 Å². The highest BCUT2D eigenvalue weighted by molar-refractivity contribution is 5.59. The Labute approximate surface area is 64.5 Å². The average Bonchev–Trinajstić information content (AvgIpc) is 2.83. The van der Waals surface area contributed by atoms with Crippen LogP contribution in [0.4, 0.5) is 0 Å². The zero-order chi connectivity index (χ0) is 7.26. The second-order valence-electron chi connectivity index (χ2n) is 2.89. The molecule has 54 valence electrons. The van der Waals surface area contributed by atoms with E-state index in [1.54, 1.807) is 0 Å². The van der Waals surface area contributed by atoms with E-state index in [0.717, 1.165) is 0 Å². The molecule has 0 amide bonds. The maximum atomic E-state index is 5.39. The van der Waals surface area contributed by atoms with Gasteiger partial charge >= 0.3 is 0 Å². The van der Waals surface area contributed by atoms with Crippen LogP contribution in [0.5, 0.6) is 0 Å². The number of ether oxygens (including phenoxy) is 1. The van der Waals surface area contributed by atoms with Crippen LogP contribution in [0.25, 0.3) is 6.08 Å². The molecule has 2 heterocycles. The molecule has 1 aliphatic carbocycles. The molecule has 0 aromatic carbocycles. The van der Waals surface area contributed by atoms with Gasteiger partial charge in [0.05, 0.1) is 0 Å². The van der Waals surface area contributed by atoms with Crippen LogP contribution in [0.3, 0.4) is 0 Å². The summed E-state index contributed by atoms with van der Waals surface area (Å²) in [6.07, 6.45) is 8.55. The lowest BCUT2D eigenvalue weighted by atomic mass is 10.0. The van der Waals surface area contributed by atoms with Gasteiger partial charge in [-0.3, -0.25) is 4.98 Å². The number of hydrogen-bond acceptors (Lipinski definition) is 2. The fraction of sp³-hybridized carbons (Fsp3) is 0.222. The van der Waals surface area contributed by atoms with Crippen molar-refractivity contribution in [3.05, 3.63) is 35.7 Å². The molecule has 0 radical (unpaired) electrons.